The highest BCUT2D eigenvalue weighted by atomic mass is 16.5. The first-order chi connectivity index (χ1) is 11.0. The van der Waals surface area contributed by atoms with Crippen molar-refractivity contribution in [1.29, 1.82) is 0 Å². The lowest BCUT2D eigenvalue weighted by Crippen LogP contribution is -2.32. The van der Waals surface area contributed by atoms with Gasteiger partial charge in [0, 0.05) is 37.6 Å². The molecule has 0 radical (unpaired) electrons. The van der Waals surface area contributed by atoms with E-state index in [1.807, 2.05) is 6.92 Å². The molecule has 1 saturated heterocycles. The first-order valence-electron chi connectivity index (χ1n) is 7.32. The maximum absolute atomic E-state index is 12.1. The molecule has 3 amide bonds. The van der Waals surface area contributed by atoms with Crippen LogP contribution in [0.15, 0.2) is 12.1 Å². The second kappa shape index (κ2) is 7.13. The predicted molar refractivity (Wildman–Crippen MR) is 83.5 cm³/mol. The Bertz CT molecular complexity index is 626. The minimum atomic E-state index is -0.271. The van der Waals surface area contributed by atoms with Crippen LogP contribution in [0, 0.1) is 6.92 Å². The lowest BCUT2D eigenvalue weighted by Gasteiger charge is -2.15. The van der Waals surface area contributed by atoms with Gasteiger partial charge in [0.15, 0.2) is 11.5 Å². The average molecular weight is 320 g/mol. The van der Waals surface area contributed by atoms with Crippen LogP contribution in [-0.2, 0) is 14.4 Å². The van der Waals surface area contributed by atoms with Gasteiger partial charge in [0.1, 0.15) is 0 Å². The second-order valence-corrected chi connectivity index (χ2v) is 5.26. The Morgan fingerprint density at radius 1 is 1.13 bits per heavy atom. The van der Waals surface area contributed by atoms with Crippen LogP contribution in [0.3, 0.4) is 0 Å². The van der Waals surface area contributed by atoms with Gasteiger partial charge in [-0.1, -0.05) is 0 Å². The fourth-order valence-electron chi connectivity index (χ4n) is 2.41. The Balaban J connectivity index is 2.00. The Labute approximate surface area is 134 Å². The SMILES string of the molecule is COc1cc(C)c(NC(=O)CCN2C(=O)CCC2=O)cc1OC. The first-order valence-corrected chi connectivity index (χ1v) is 7.32. The molecule has 0 aliphatic carbocycles. The van der Waals surface area contributed by atoms with E-state index in [9.17, 15) is 14.4 Å². The van der Waals surface area contributed by atoms with E-state index in [0.717, 1.165) is 10.5 Å². The molecule has 1 aromatic rings. The standard InChI is InChI=1S/C16H20N2O5/c1-10-8-12(22-2)13(23-3)9-11(10)17-14(19)6-7-18-15(20)4-5-16(18)21/h8-9H,4-7H2,1-3H3,(H,17,19). The number of carbonyl (C=O) groups excluding carboxylic acids is 3. The first kappa shape index (κ1) is 16.8. The molecule has 1 fully saturated rings. The third-order valence-electron chi connectivity index (χ3n) is 3.72. The zero-order valence-electron chi connectivity index (χ0n) is 13.5. The number of aryl methyl sites for hydroxylation is 1. The second-order valence-electron chi connectivity index (χ2n) is 5.26. The van der Waals surface area contributed by atoms with Crippen molar-refractivity contribution in [3.05, 3.63) is 17.7 Å². The lowest BCUT2D eigenvalue weighted by atomic mass is 10.1. The third kappa shape index (κ3) is 3.80. The number of methoxy groups -OCH3 is 2. The van der Waals surface area contributed by atoms with Crippen molar-refractivity contribution in [3.63, 3.8) is 0 Å². The number of hydrogen-bond donors (Lipinski definition) is 1. The highest BCUT2D eigenvalue weighted by Crippen LogP contribution is 2.32. The van der Waals surface area contributed by atoms with E-state index in [0.29, 0.717) is 17.2 Å². The van der Waals surface area contributed by atoms with Crippen LogP contribution in [0.5, 0.6) is 11.5 Å². The van der Waals surface area contributed by atoms with Gasteiger partial charge < -0.3 is 14.8 Å². The minimum Gasteiger partial charge on any atom is -0.493 e. The quantitative estimate of drug-likeness (QED) is 0.803. The number of carbonyl (C=O) groups is 3. The molecule has 0 saturated carbocycles. The summed E-state index contributed by atoms with van der Waals surface area (Å²) < 4.78 is 10.4. The zero-order chi connectivity index (χ0) is 17.0. The van der Waals surface area contributed by atoms with E-state index >= 15 is 0 Å². The molecule has 0 bridgehead atoms. The molecule has 0 aromatic heterocycles. The predicted octanol–water partition coefficient (Wildman–Crippen LogP) is 1.49. The summed E-state index contributed by atoms with van der Waals surface area (Å²) in [5.41, 5.74) is 1.43. The summed E-state index contributed by atoms with van der Waals surface area (Å²) in [6.45, 7) is 1.95. The van der Waals surface area contributed by atoms with Crippen molar-refractivity contribution in [1.82, 2.24) is 4.90 Å². The topological polar surface area (TPSA) is 84.9 Å². The Kier molecular flexibility index (Phi) is 5.20. The number of hydrogen-bond acceptors (Lipinski definition) is 5. The number of nitrogens with zero attached hydrogens (tertiary/aromatic N) is 1. The summed E-state index contributed by atoms with van der Waals surface area (Å²) in [5.74, 6) is 0.387. The van der Waals surface area contributed by atoms with Gasteiger partial charge in [-0.3, -0.25) is 19.3 Å². The summed E-state index contributed by atoms with van der Waals surface area (Å²) in [7, 11) is 3.06. The largest absolute Gasteiger partial charge is 0.493 e. The zero-order valence-corrected chi connectivity index (χ0v) is 13.5. The maximum Gasteiger partial charge on any atom is 0.229 e. The number of rotatable bonds is 6. The van der Waals surface area contributed by atoms with E-state index in [-0.39, 0.29) is 43.5 Å². The van der Waals surface area contributed by atoms with E-state index in [1.165, 1.54) is 7.11 Å². The van der Waals surface area contributed by atoms with Gasteiger partial charge in [0.05, 0.1) is 14.2 Å². The van der Waals surface area contributed by atoms with Crippen LogP contribution in [0.25, 0.3) is 0 Å². The van der Waals surface area contributed by atoms with Crippen molar-refractivity contribution < 1.29 is 23.9 Å². The molecule has 7 nitrogen and oxygen atoms in total. The van der Waals surface area contributed by atoms with E-state index in [4.69, 9.17) is 9.47 Å². The van der Waals surface area contributed by atoms with Crippen molar-refractivity contribution in [2.75, 3.05) is 26.1 Å². The summed E-state index contributed by atoms with van der Waals surface area (Å²) in [4.78, 5) is 36.2. The van der Waals surface area contributed by atoms with E-state index in [2.05, 4.69) is 5.32 Å². The molecule has 1 heterocycles. The molecule has 0 spiro atoms. The number of imide groups is 1. The monoisotopic (exact) mass is 320 g/mol. The summed E-state index contributed by atoms with van der Waals surface area (Å²) in [6, 6.07) is 3.44. The molecule has 1 aromatic carbocycles. The van der Waals surface area contributed by atoms with Crippen LogP contribution >= 0.6 is 0 Å². The van der Waals surface area contributed by atoms with E-state index in [1.54, 1.807) is 19.2 Å². The lowest BCUT2D eigenvalue weighted by molar-refractivity contribution is -0.138. The number of benzene rings is 1. The van der Waals surface area contributed by atoms with Gasteiger partial charge in [-0.25, -0.2) is 0 Å². The number of amides is 3. The van der Waals surface area contributed by atoms with Gasteiger partial charge in [-0.2, -0.15) is 0 Å². The molecule has 23 heavy (non-hydrogen) atoms. The van der Waals surface area contributed by atoms with Crippen LogP contribution in [0.1, 0.15) is 24.8 Å². The Morgan fingerprint density at radius 2 is 1.70 bits per heavy atom. The Morgan fingerprint density at radius 3 is 2.26 bits per heavy atom. The molecule has 0 unspecified atom stereocenters. The molecular weight excluding hydrogens is 300 g/mol. The number of nitrogens with one attached hydrogen (secondary N) is 1. The number of likely N-dealkylation sites (tertiary alicyclic amines) is 1. The van der Waals surface area contributed by atoms with Crippen molar-refractivity contribution in [2.24, 2.45) is 0 Å². The molecular formula is C16H20N2O5. The van der Waals surface area contributed by atoms with E-state index < -0.39 is 0 Å². The molecule has 7 heteroatoms. The van der Waals surface area contributed by atoms with Gasteiger partial charge in [0.25, 0.3) is 0 Å². The van der Waals surface area contributed by atoms with Crippen LogP contribution in [-0.4, -0.2) is 43.4 Å². The smallest absolute Gasteiger partial charge is 0.229 e. The summed E-state index contributed by atoms with van der Waals surface area (Å²) in [6.07, 6.45) is 0.524. The van der Waals surface area contributed by atoms with Crippen molar-refractivity contribution in [3.8, 4) is 11.5 Å². The number of anilines is 1. The molecule has 1 N–H and O–H groups in total. The Hall–Kier alpha value is -2.57. The summed E-state index contributed by atoms with van der Waals surface area (Å²) >= 11 is 0. The average Bonchev–Trinajstić information content (AvgIpc) is 2.85. The van der Waals surface area contributed by atoms with Crippen LogP contribution in [0.4, 0.5) is 5.69 Å². The van der Waals surface area contributed by atoms with Gasteiger partial charge >= 0.3 is 0 Å². The summed E-state index contributed by atoms with van der Waals surface area (Å²) in [5, 5.41) is 2.77. The minimum absolute atomic E-state index is 0.0608. The fraction of sp³-hybridized carbons (Fsp3) is 0.438. The highest BCUT2D eigenvalue weighted by molar-refractivity contribution is 6.02. The maximum atomic E-state index is 12.1. The normalized spacial score (nSPS) is 14.1. The van der Waals surface area contributed by atoms with Gasteiger partial charge in [0.2, 0.25) is 17.7 Å². The highest BCUT2D eigenvalue weighted by Gasteiger charge is 2.28. The van der Waals surface area contributed by atoms with Gasteiger partial charge in [-0.05, 0) is 18.6 Å². The van der Waals surface area contributed by atoms with Gasteiger partial charge in [-0.15, -0.1) is 0 Å². The molecule has 124 valence electrons. The molecule has 0 atom stereocenters. The third-order valence-corrected chi connectivity index (χ3v) is 3.72. The molecule has 2 rings (SSSR count). The van der Waals surface area contributed by atoms with Crippen molar-refractivity contribution >= 4 is 23.4 Å². The van der Waals surface area contributed by atoms with Crippen LogP contribution < -0.4 is 14.8 Å². The molecule has 1 aliphatic rings. The van der Waals surface area contributed by atoms with Crippen molar-refractivity contribution in [2.45, 2.75) is 26.2 Å². The van der Waals surface area contributed by atoms with Crippen LogP contribution in [0.2, 0.25) is 0 Å². The molecule has 1 aliphatic heterocycles. The fourth-order valence-corrected chi connectivity index (χ4v) is 2.41. The number of ether oxygens (including phenoxy) is 2.